The van der Waals surface area contributed by atoms with Crippen molar-refractivity contribution in [3.8, 4) is 0 Å². The summed E-state index contributed by atoms with van der Waals surface area (Å²) in [6.07, 6.45) is 0.0711. The lowest BCUT2D eigenvalue weighted by Gasteiger charge is -2.23. The molecule has 1 aliphatic rings. The van der Waals surface area contributed by atoms with E-state index in [1.54, 1.807) is 20.8 Å². The van der Waals surface area contributed by atoms with Gasteiger partial charge in [0.1, 0.15) is 12.1 Å². The summed E-state index contributed by atoms with van der Waals surface area (Å²) in [6.45, 7) is 5.14. The number of carbonyl (C=O) groups is 4. The zero-order valence-electron chi connectivity index (χ0n) is 12.8. The van der Waals surface area contributed by atoms with Gasteiger partial charge in [0.05, 0.1) is 13.5 Å². The van der Waals surface area contributed by atoms with Crippen molar-refractivity contribution in [2.75, 3.05) is 26.7 Å². The lowest BCUT2D eigenvalue weighted by atomic mass is 10.1. The van der Waals surface area contributed by atoms with E-state index in [4.69, 9.17) is 0 Å². The van der Waals surface area contributed by atoms with Gasteiger partial charge in [0.2, 0.25) is 5.91 Å². The summed E-state index contributed by atoms with van der Waals surface area (Å²) in [5, 5.41) is 2.51. The Morgan fingerprint density at radius 2 is 1.95 bits per heavy atom. The van der Waals surface area contributed by atoms with Crippen molar-refractivity contribution in [1.29, 1.82) is 0 Å². The molecule has 1 heterocycles. The SMILES string of the molecule is CCN(CCC(=O)OC)C(=O)CN1C(=O)NC(C)(C)C1=O. The van der Waals surface area contributed by atoms with Crippen LogP contribution in [-0.4, -0.2) is 65.9 Å². The first-order chi connectivity index (χ1) is 9.72. The number of imide groups is 1. The second-order valence-electron chi connectivity index (χ2n) is 5.25. The molecule has 1 saturated heterocycles. The smallest absolute Gasteiger partial charge is 0.325 e. The van der Waals surface area contributed by atoms with Gasteiger partial charge in [0.15, 0.2) is 0 Å². The van der Waals surface area contributed by atoms with E-state index in [1.807, 2.05) is 0 Å². The molecule has 0 radical (unpaired) electrons. The number of ether oxygens (including phenoxy) is 1. The van der Waals surface area contributed by atoms with Crippen LogP contribution in [0.5, 0.6) is 0 Å². The lowest BCUT2D eigenvalue weighted by Crippen LogP contribution is -2.45. The molecule has 8 nitrogen and oxygen atoms in total. The second-order valence-corrected chi connectivity index (χ2v) is 5.25. The monoisotopic (exact) mass is 299 g/mol. The first-order valence-corrected chi connectivity index (χ1v) is 6.71. The van der Waals surface area contributed by atoms with Crippen molar-refractivity contribution >= 4 is 23.8 Å². The molecule has 1 aliphatic heterocycles. The van der Waals surface area contributed by atoms with Gasteiger partial charge in [-0.2, -0.15) is 0 Å². The Hall–Kier alpha value is -2.12. The molecule has 0 bridgehead atoms. The molecular weight excluding hydrogens is 278 g/mol. The molecule has 0 atom stereocenters. The van der Waals surface area contributed by atoms with E-state index < -0.39 is 23.4 Å². The number of nitrogens with one attached hydrogen (secondary N) is 1. The standard InChI is InChI=1S/C13H21N3O5/c1-5-15(7-6-10(18)21-4)9(17)8-16-11(19)13(2,3)14-12(16)20/h5-8H2,1-4H3,(H,14,20). The number of amides is 4. The molecule has 1 fully saturated rings. The van der Waals surface area contributed by atoms with Gasteiger partial charge in [0.25, 0.3) is 5.91 Å². The highest BCUT2D eigenvalue weighted by Gasteiger charge is 2.45. The van der Waals surface area contributed by atoms with Crippen LogP contribution in [0.15, 0.2) is 0 Å². The Labute approximate surface area is 123 Å². The largest absolute Gasteiger partial charge is 0.469 e. The zero-order valence-corrected chi connectivity index (χ0v) is 12.8. The van der Waals surface area contributed by atoms with Gasteiger partial charge in [-0.15, -0.1) is 0 Å². The van der Waals surface area contributed by atoms with E-state index in [-0.39, 0.29) is 25.4 Å². The van der Waals surface area contributed by atoms with Crippen LogP contribution in [0.25, 0.3) is 0 Å². The fourth-order valence-corrected chi connectivity index (χ4v) is 1.98. The number of methoxy groups -OCH3 is 1. The molecule has 0 aromatic carbocycles. The van der Waals surface area contributed by atoms with Gasteiger partial charge in [-0.25, -0.2) is 4.79 Å². The zero-order chi connectivity index (χ0) is 16.2. The summed E-state index contributed by atoms with van der Waals surface area (Å²) >= 11 is 0. The van der Waals surface area contributed by atoms with Crippen LogP contribution < -0.4 is 5.32 Å². The predicted molar refractivity (Wildman–Crippen MR) is 73.2 cm³/mol. The summed E-state index contributed by atoms with van der Waals surface area (Å²) in [6, 6.07) is -0.581. The molecule has 0 spiro atoms. The topological polar surface area (TPSA) is 96.0 Å². The van der Waals surface area contributed by atoms with E-state index in [0.717, 1.165) is 4.90 Å². The minimum absolute atomic E-state index is 0.0711. The highest BCUT2D eigenvalue weighted by atomic mass is 16.5. The van der Waals surface area contributed by atoms with Crippen LogP contribution in [-0.2, 0) is 19.1 Å². The second kappa shape index (κ2) is 6.55. The molecule has 8 heteroatoms. The van der Waals surface area contributed by atoms with Crippen LogP contribution in [0.4, 0.5) is 4.79 Å². The van der Waals surface area contributed by atoms with E-state index in [1.165, 1.54) is 12.0 Å². The lowest BCUT2D eigenvalue weighted by molar-refractivity contribution is -0.143. The average molecular weight is 299 g/mol. The van der Waals surface area contributed by atoms with Gasteiger partial charge in [0, 0.05) is 13.1 Å². The summed E-state index contributed by atoms with van der Waals surface area (Å²) in [5.74, 6) is -1.25. The maximum atomic E-state index is 12.1. The number of nitrogens with zero attached hydrogens (tertiary/aromatic N) is 2. The number of rotatable bonds is 6. The van der Waals surface area contributed by atoms with Crippen molar-refractivity contribution in [2.24, 2.45) is 0 Å². The fourth-order valence-electron chi connectivity index (χ4n) is 1.98. The first-order valence-electron chi connectivity index (χ1n) is 6.71. The molecular formula is C13H21N3O5. The molecule has 1 rings (SSSR count). The van der Waals surface area contributed by atoms with Crippen molar-refractivity contribution < 1.29 is 23.9 Å². The van der Waals surface area contributed by atoms with Crippen LogP contribution in [0.2, 0.25) is 0 Å². The summed E-state index contributed by atoms with van der Waals surface area (Å²) in [7, 11) is 1.27. The molecule has 4 amide bonds. The van der Waals surface area contributed by atoms with Crippen molar-refractivity contribution in [3.05, 3.63) is 0 Å². The van der Waals surface area contributed by atoms with Crippen LogP contribution >= 0.6 is 0 Å². The molecule has 118 valence electrons. The van der Waals surface area contributed by atoms with Crippen LogP contribution in [0.1, 0.15) is 27.2 Å². The van der Waals surface area contributed by atoms with Crippen molar-refractivity contribution in [3.63, 3.8) is 0 Å². The van der Waals surface area contributed by atoms with E-state index in [2.05, 4.69) is 10.1 Å². The maximum Gasteiger partial charge on any atom is 0.325 e. The van der Waals surface area contributed by atoms with Gasteiger partial charge in [-0.1, -0.05) is 0 Å². The summed E-state index contributed by atoms with van der Waals surface area (Å²) in [4.78, 5) is 49.2. The van der Waals surface area contributed by atoms with Gasteiger partial charge in [-0.05, 0) is 20.8 Å². The Bertz CT molecular complexity index is 461. The normalized spacial score (nSPS) is 16.7. The van der Waals surface area contributed by atoms with E-state index in [0.29, 0.717) is 6.54 Å². The molecule has 1 N–H and O–H groups in total. The van der Waals surface area contributed by atoms with Crippen LogP contribution in [0.3, 0.4) is 0 Å². The molecule has 21 heavy (non-hydrogen) atoms. The van der Waals surface area contributed by atoms with E-state index >= 15 is 0 Å². The Balaban J connectivity index is 2.64. The summed E-state index contributed by atoms with van der Waals surface area (Å²) in [5.41, 5.74) is -1.000. The minimum atomic E-state index is -1.000. The first kappa shape index (κ1) is 16.9. The van der Waals surface area contributed by atoms with Crippen LogP contribution in [0, 0.1) is 0 Å². The van der Waals surface area contributed by atoms with Gasteiger partial charge < -0.3 is 15.0 Å². The summed E-state index contributed by atoms with van der Waals surface area (Å²) < 4.78 is 4.51. The highest BCUT2D eigenvalue weighted by Crippen LogP contribution is 2.16. The number of hydrogen-bond acceptors (Lipinski definition) is 5. The third-order valence-corrected chi connectivity index (χ3v) is 3.29. The fraction of sp³-hybridized carbons (Fsp3) is 0.692. The van der Waals surface area contributed by atoms with Gasteiger partial charge >= 0.3 is 12.0 Å². The number of carbonyl (C=O) groups excluding carboxylic acids is 4. The third kappa shape index (κ3) is 3.93. The number of hydrogen-bond donors (Lipinski definition) is 1. The number of esters is 1. The average Bonchev–Trinajstić information content (AvgIpc) is 2.61. The van der Waals surface area contributed by atoms with Crippen molar-refractivity contribution in [2.45, 2.75) is 32.7 Å². The predicted octanol–water partition coefficient (Wildman–Crippen LogP) is -0.272. The quantitative estimate of drug-likeness (QED) is 0.538. The molecule has 0 saturated carbocycles. The Morgan fingerprint density at radius 1 is 1.33 bits per heavy atom. The van der Waals surface area contributed by atoms with Crippen molar-refractivity contribution in [1.82, 2.24) is 15.1 Å². The molecule has 0 unspecified atom stereocenters. The van der Waals surface area contributed by atoms with E-state index in [9.17, 15) is 19.2 Å². The highest BCUT2D eigenvalue weighted by molar-refractivity contribution is 6.08. The third-order valence-electron chi connectivity index (χ3n) is 3.29. The maximum absolute atomic E-state index is 12.1. The molecule has 0 aromatic heterocycles. The van der Waals surface area contributed by atoms with Gasteiger partial charge in [-0.3, -0.25) is 19.3 Å². The Kier molecular flexibility index (Phi) is 5.28. The number of urea groups is 1. The number of likely N-dealkylation sites (N-methyl/N-ethyl adjacent to an activating group) is 1. The molecule has 0 aliphatic carbocycles. The minimum Gasteiger partial charge on any atom is -0.469 e. The molecule has 0 aromatic rings. The Morgan fingerprint density at radius 3 is 2.38 bits per heavy atom.